The molecule has 2 amide bonds. The number of nitrogens with one attached hydrogen (secondary N) is 5. The second-order valence-corrected chi connectivity index (χ2v) is 8.44. The van der Waals surface area contributed by atoms with Gasteiger partial charge in [-0.3, -0.25) is 14.6 Å². The number of benzene rings is 2. The third kappa shape index (κ3) is 6.44. The fourth-order valence-corrected chi connectivity index (χ4v) is 4.02. The fraction of sp³-hybridized carbons (Fsp3) is 0.320. The third-order valence-electron chi connectivity index (χ3n) is 5.87. The number of aromatic amines is 3. The molecular weight excluding hydrogens is 446 g/mol. The van der Waals surface area contributed by atoms with Crippen molar-refractivity contribution in [3.63, 3.8) is 0 Å². The van der Waals surface area contributed by atoms with Crippen molar-refractivity contribution in [1.82, 2.24) is 35.8 Å². The Morgan fingerprint density at radius 1 is 1.00 bits per heavy atom. The fourth-order valence-electron chi connectivity index (χ4n) is 4.02. The minimum absolute atomic E-state index is 0.0221. The van der Waals surface area contributed by atoms with Crippen molar-refractivity contribution >= 4 is 22.6 Å². The Hall–Kier alpha value is -4.21. The molecule has 0 radical (unpaired) electrons. The molecule has 5 N–H and O–H groups in total. The predicted molar refractivity (Wildman–Crippen MR) is 132 cm³/mol. The molecule has 0 aliphatic heterocycles. The molecule has 10 heteroatoms. The van der Waals surface area contributed by atoms with Crippen LogP contribution in [0.3, 0.4) is 0 Å². The molecule has 1 atom stereocenters. The highest BCUT2D eigenvalue weighted by Gasteiger charge is 2.19. The van der Waals surface area contributed by atoms with E-state index in [1.165, 1.54) is 0 Å². The van der Waals surface area contributed by atoms with Crippen LogP contribution in [0.2, 0.25) is 0 Å². The summed E-state index contributed by atoms with van der Waals surface area (Å²) in [4.78, 5) is 45.8. The lowest BCUT2D eigenvalue weighted by Gasteiger charge is -2.16. The van der Waals surface area contributed by atoms with Gasteiger partial charge in [-0.05, 0) is 29.7 Å². The molecule has 2 aromatic heterocycles. The van der Waals surface area contributed by atoms with Gasteiger partial charge in [-0.1, -0.05) is 49.2 Å². The summed E-state index contributed by atoms with van der Waals surface area (Å²) in [6.45, 7) is 0. The van der Waals surface area contributed by atoms with Gasteiger partial charge in [0.05, 0.1) is 24.4 Å². The highest BCUT2D eigenvalue weighted by Crippen LogP contribution is 2.25. The number of unbranched alkanes of at least 4 members (excludes halogenated alkanes) is 2. The van der Waals surface area contributed by atoms with Crippen LogP contribution in [0, 0.1) is 0 Å². The van der Waals surface area contributed by atoms with Crippen LogP contribution in [-0.4, -0.2) is 44.0 Å². The molecule has 10 nitrogen and oxygen atoms in total. The van der Waals surface area contributed by atoms with E-state index in [1.807, 2.05) is 18.2 Å². The van der Waals surface area contributed by atoms with Crippen LogP contribution < -0.4 is 16.3 Å². The summed E-state index contributed by atoms with van der Waals surface area (Å²) in [5.74, 6) is 0.678. The monoisotopic (exact) mass is 475 g/mol. The van der Waals surface area contributed by atoms with Crippen molar-refractivity contribution < 1.29 is 9.59 Å². The van der Waals surface area contributed by atoms with Crippen LogP contribution in [0.1, 0.15) is 49.8 Å². The van der Waals surface area contributed by atoms with Crippen molar-refractivity contribution in [2.75, 3.05) is 7.05 Å². The molecule has 35 heavy (non-hydrogen) atoms. The minimum Gasteiger partial charge on any atom is -0.359 e. The summed E-state index contributed by atoms with van der Waals surface area (Å²) in [6, 6.07) is 14.0. The number of fused-ring (bicyclic) bond motifs is 1. The number of hydrogen-bond acceptors (Lipinski definition) is 5. The number of amides is 2. The molecule has 182 valence electrons. The number of H-pyrrole nitrogens is 3. The molecule has 0 saturated carbocycles. The lowest BCUT2D eigenvalue weighted by atomic mass is 10.1. The number of carbonyl (C=O) groups is 2. The summed E-state index contributed by atoms with van der Waals surface area (Å²) in [6.07, 6.45) is 5.29. The van der Waals surface area contributed by atoms with Crippen LogP contribution in [-0.2, 0) is 16.0 Å². The van der Waals surface area contributed by atoms with E-state index < -0.39 is 5.69 Å². The first kappa shape index (κ1) is 23.9. The Kier molecular flexibility index (Phi) is 7.71. The van der Waals surface area contributed by atoms with Gasteiger partial charge in [0.25, 0.3) is 0 Å². The van der Waals surface area contributed by atoms with Crippen molar-refractivity contribution in [2.45, 2.75) is 44.6 Å². The lowest BCUT2D eigenvalue weighted by Crippen LogP contribution is -2.31. The molecule has 0 saturated heterocycles. The van der Waals surface area contributed by atoms with Crippen LogP contribution in [0.25, 0.3) is 22.0 Å². The van der Waals surface area contributed by atoms with Gasteiger partial charge in [-0.2, -0.15) is 5.10 Å². The van der Waals surface area contributed by atoms with Gasteiger partial charge in [0, 0.05) is 19.0 Å². The molecule has 0 spiro atoms. The zero-order valence-electron chi connectivity index (χ0n) is 19.6. The zero-order chi connectivity index (χ0) is 24.6. The maximum Gasteiger partial charge on any atom is 0.340 e. The first-order chi connectivity index (χ1) is 17.0. The van der Waals surface area contributed by atoms with Gasteiger partial charge in [-0.25, -0.2) is 14.9 Å². The Morgan fingerprint density at radius 2 is 1.83 bits per heavy atom. The molecule has 2 heterocycles. The normalized spacial score (nSPS) is 11.9. The van der Waals surface area contributed by atoms with E-state index in [9.17, 15) is 14.4 Å². The van der Waals surface area contributed by atoms with Crippen molar-refractivity contribution in [3.8, 4) is 11.3 Å². The van der Waals surface area contributed by atoms with Crippen LogP contribution >= 0.6 is 0 Å². The van der Waals surface area contributed by atoms with E-state index in [0.717, 1.165) is 41.3 Å². The Morgan fingerprint density at radius 3 is 2.60 bits per heavy atom. The second-order valence-electron chi connectivity index (χ2n) is 8.44. The molecule has 4 aromatic rings. The summed E-state index contributed by atoms with van der Waals surface area (Å²) in [7, 11) is 1.63. The van der Waals surface area contributed by atoms with Gasteiger partial charge in [-0.15, -0.1) is 0 Å². The smallest absolute Gasteiger partial charge is 0.340 e. The Balaban J connectivity index is 1.46. The molecule has 2 aromatic carbocycles. The van der Waals surface area contributed by atoms with E-state index in [4.69, 9.17) is 0 Å². The minimum atomic E-state index is -0.452. The second kappa shape index (κ2) is 11.3. The van der Waals surface area contributed by atoms with Crippen LogP contribution in [0.4, 0.5) is 0 Å². The van der Waals surface area contributed by atoms with E-state index in [1.54, 1.807) is 13.2 Å². The van der Waals surface area contributed by atoms with Gasteiger partial charge < -0.3 is 15.6 Å². The van der Waals surface area contributed by atoms with Gasteiger partial charge >= 0.3 is 5.69 Å². The molecule has 0 bridgehead atoms. The molecule has 4 rings (SSSR count). The van der Waals surface area contributed by atoms with Crippen LogP contribution in [0.5, 0.6) is 0 Å². The SMILES string of the molecule is CNC(=O)CCCCC[C@H](NC(=O)Cc1n[nH]c(=O)[nH]1)c1ncc(-c2ccc3ccccc3c2)[nH]1. The molecule has 0 aliphatic carbocycles. The highest BCUT2D eigenvalue weighted by molar-refractivity contribution is 5.86. The summed E-state index contributed by atoms with van der Waals surface area (Å²) in [5.41, 5.74) is 1.42. The quantitative estimate of drug-likeness (QED) is 0.212. The van der Waals surface area contributed by atoms with E-state index in [0.29, 0.717) is 18.7 Å². The first-order valence-corrected chi connectivity index (χ1v) is 11.7. The van der Waals surface area contributed by atoms with Gasteiger partial charge in [0.15, 0.2) is 0 Å². The highest BCUT2D eigenvalue weighted by atomic mass is 16.2. The van der Waals surface area contributed by atoms with Gasteiger partial charge in [0.2, 0.25) is 11.8 Å². The zero-order valence-corrected chi connectivity index (χ0v) is 19.6. The Bertz CT molecular complexity index is 1350. The first-order valence-electron chi connectivity index (χ1n) is 11.7. The average molecular weight is 476 g/mol. The number of rotatable bonds is 11. The molecule has 0 unspecified atom stereocenters. The summed E-state index contributed by atoms with van der Waals surface area (Å²) < 4.78 is 0. The number of hydrogen-bond donors (Lipinski definition) is 5. The van der Waals surface area contributed by atoms with Crippen molar-refractivity contribution in [1.29, 1.82) is 0 Å². The number of nitrogens with zero attached hydrogens (tertiary/aromatic N) is 2. The average Bonchev–Trinajstić information content (AvgIpc) is 3.52. The van der Waals surface area contributed by atoms with Crippen molar-refractivity contribution in [3.05, 3.63) is 70.8 Å². The number of carbonyl (C=O) groups excluding carboxylic acids is 2. The lowest BCUT2D eigenvalue weighted by molar-refractivity contribution is -0.121. The summed E-state index contributed by atoms with van der Waals surface area (Å²) in [5, 5.41) is 14.0. The predicted octanol–water partition coefficient (Wildman–Crippen LogP) is 2.74. The molecule has 0 aliphatic rings. The topological polar surface area (TPSA) is 148 Å². The van der Waals surface area contributed by atoms with Crippen LogP contribution in [0.15, 0.2) is 53.5 Å². The Labute approximate surface area is 202 Å². The third-order valence-corrected chi connectivity index (χ3v) is 5.87. The van der Waals surface area contributed by atoms with E-state index in [-0.39, 0.29) is 30.1 Å². The largest absolute Gasteiger partial charge is 0.359 e. The van der Waals surface area contributed by atoms with Gasteiger partial charge in [0.1, 0.15) is 11.6 Å². The maximum atomic E-state index is 12.7. The maximum absolute atomic E-state index is 12.7. The molecular formula is C25H29N7O3. The standard InChI is InChI=1S/C25H29N7O3/c1-26-22(33)10-4-2-3-9-19(28-23(34)14-21-30-25(35)32-31-21)24-27-15-20(29-24)18-12-11-16-7-5-6-8-17(16)13-18/h5-8,11-13,15,19H,2-4,9-10,14H2,1H3,(H,26,33)(H,27,29)(H,28,34)(H2,30,31,32,35)/t19-/m0/s1. The van der Waals surface area contributed by atoms with Crippen molar-refractivity contribution in [2.24, 2.45) is 0 Å². The summed E-state index contributed by atoms with van der Waals surface area (Å²) >= 11 is 0. The number of aromatic nitrogens is 5. The van der Waals surface area contributed by atoms with E-state index >= 15 is 0 Å². The molecule has 0 fully saturated rings. The number of imidazole rings is 1. The van der Waals surface area contributed by atoms with E-state index in [2.05, 4.69) is 60.0 Å².